The topological polar surface area (TPSA) is 148 Å². The van der Waals surface area contributed by atoms with Gasteiger partial charge in [-0.05, 0) is 123 Å². The van der Waals surface area contributed by atoms with E-state index in [-0.39, 0.29) is 52.9 Å². The number of carbonyl (C=O) groups is 4. The number of fused-ring (bicyclic) bond motifs is 1. The van der Waals surface area contributed by atoms with Crippen molar-refractivity contribution in [3.8, 4) is 11.8 Å². The highest BCUT2D eigenvalue weighted by Gasteiger charge is 2.36. The van der Waals surface area contributed by atoms with E-state index in [0.717, 1.165) is 81.4 Å². The molecule has 5 aromatic rings. The summed E-state index contributed by atoms with van der Waals surface area (Å²) in [5.74, 6) is 6.26. The van der Waals surface area contributed by atoms with Crippen LogP contribution in [0, 0.1) is 30.6 Å². The van der Waals surface area contributed by atoms with Gasteiger partial charge in [-0.1, -0.05) is 24.1 Å². The number of amides is 4. The van der Waals surface area contributed by atoms with E-state index in [1.54, 1.807) is 47.4 Å². The van der Waals surface area contributed by atoms with E-state index >= 15 is 0 Å². The molecule has 1 atom stereocenters. The molecule has 67 heavy (non-hydrogen) atoms. The lowest BCUT2D eigenvalue weighted by Crippen LogP contribution is -2.51. The molecule has 2 aromatic carbocycles. The molecule has 14 nitrogen and oxygen atoms in total. The van der Waals surface area contributed by atoms with Crippen LogP contribution in [0.25, 0.3) is 5.65 Å². The molecule has 1 unspecified atom stereocenters. The Bertz CT molecular complexity index is 2710. The molecular weight excluding hydrogens is 862 g/mol. The molecule has 9 rings (SSSR count). The predicted octanol–water partition coefficient (Wildman–Crippen LogP) is 5.90. The minimum Gasteiger partial charge on any atom is -0.357 e. The molecular formula is C50H53F3N10O4. The van der Waals surface area contributed by atoms with Gasteiger partial charge >= 0.3 is 6.18 Å². The van der Waals surface area contributed by atoms with E-state index in [1.807, 2.05) is 34.9 Å². The Balaban J connectivity index is 0.720. The number of imidazole rings is 1. The van der Waals surface area contributed by atoms with Crippen LogP contribution in [-0.2, 0) is 27.1 Å². The van der Waals surface area contributed by atoms with Crippen LogP contribution in [0.5, 0.6) is 0 Å². The Labute approximate surface area is 386 Å². The number of imide groups is 1. The van der Waals surface area contributed by atoms with E-state index in [4.69, 9.17) is 0 Å². The lowest BCUT2D eigenvalue weighted by Gasteiger charge is -2.40. The van der Waals surface area contributed by atoms with Gasteiger partial charge in [0.05, 0.1) is 17.7 Å². The molecule has 2 N–H and O–H groups in total. The molecule has 17 heteroatoms. The molecule has 4 amide bonds. The summed E-state index contributed by atoms with van der Waals surface area (Å²) in [5, 5.41) is 9.32. The third-order valence-electron chi connectivity index (χ3n) is 13.7. The number of anilines is 2. The number of piperazine rings is 1. The van der Waals surface area contributed by atoms with Crippen LogP contribution in [0.15, 0.2) is 79.3 Å². The number of benzene rings is 2. The van der Waals surface area contributed by atoms with Gasteiger partial charge in [-0.3, -0.25) is 29.4 Å². The van der Waals surface area contributed by atoms with Crippen molar-refractivity contribution in [1.29, 1.82) is 0 Å². The Morgan fingerprint density at radius 3 is 2.36 bits per heavy atom. The van der Waals surface area contributed by atoms with Crippen LogP contribution in [0.4, 0.5) is 24.7 Å². The fraction of sp³-hybridized carbons (Fsp3) is 0.420. The molecule has 0 saturated carbocycles. The third-order valence-corrected chi connectivity index (χ3v) is 13.7. The van der Waals surface area contributed by atoms with Crippen LogP contribution in [-0.4, -0.2) is 117 Å². The molecule has 0 bridgehead atoms. The first-order valence-electron chi connectivity index (χ1n) is 23.1. The Morgan fingerprint density at radius 2 is 1.63 bits per heavy atom. The van der Waals surface area contributed by atoms with Crippen LogP contribution in [0.3, 0.4) is 0 Å². The van der Waals surface area contributed by atoms with Crippen molar-refractivity contribution in [1.82, 2.24) is 39.6 Å². The zero-order valence-corrected chi connectivity index (χ0v) is 37.4. The molecule has 0 spiro atoms. The first kappa shape index (κ1) is 45.5. The van der Waals surface area contributed by atoms with Gasteiger partial charge < -0.3 is 20.0 Å². The van der Waals surface area contributed by atoms with Crippen molar-refractivity contribution in [3.63, 3.8) is 0 Å². The number of aromatic nitrogens is 4. The van der Waals surface area contributed by atoms with Crippen molar-refractivity contribution in [3.05, 3.63) is 118 Å². The number of piperidine rings is 3. The maximum Gasteiger partial charge on any atom is 0.416 e. The summed E-state index contributed by atoms with van der Waals surface area (Å²) in [6.45, 7) is 8.29. The SMILES string of the molecule is Cc1ccc(C(=O)Nc2ccc(CN3CCN(C(=O)C4CCN(CC5CCN(c6ccc(C7CCC(=O)NC7=O)cn6)CC5)CC4)CC3)c(C(F)(F)F)c2)cc1C#Cc1cnc2cccnn12. The van der Waals surface area contributed by atoms with Crippen LogP contribution >= 0.6 is 0 Å². The fourth-order valence-corrected chi connectivity index (χ4v) is 9.70. The quantitative estimate of drug-likeness (QED) is 0.135. The van der Waals surface area contributed by atoms with Gasteiger partial charge in [0.15, 0.2) is 5.65 Å². The monoisotopic (exact) mass is 914 g/mol. The van der Waals surface area contributed by atoms with Gasteiger partial charge in [0.25, 0.3) is 5.91 Å². The Kier molecular flexibility index (Phi) is 13.4. The summed E-state index contributed by atoms with van der Waals surface area (Å²) in [7, 11) is 0. The highest BCUT2D eigenvalue weighted by Crippen LogP contribution is 2.35. The van der Waals surface area contributed by atoms with Crippen molar-refractivity contribution in [2.24, 2.45) is 11.8 Å². The van der Waals surface area contributed by atoms with Crippen LogP contribution < -0.4 is 15.5 Å². The number of hydrogen-bond donors (Lipinski definition) is 2. The summed E-state index contributed by atoms with van der Waals surface area (Å²) < 4.78 is 45.1. The van der Waals surface area contributed by atoms with E-state index in [2.05, 4.69) is 47.3 Å². The maximum absolute atomic E-state index is 14.5. The molecule has 348 valence electrons. The second-order valence-corrected chi connectivity index (χ2v) is 18.1. The number of rotatable bonds is 9. The second kappa shape index (κ2) is 19.7. The van der Waals surface area contributed by atoms with Crippen molar-refractivity contribution in [2.75, 3.05) is 69.1 Å². The highest BCUT2D eigenvalue weighted by molar-refractivity contribution is 6.04. The molecule has 0 aliphatic carbocycles. The Morgan fingerprint density at radius 1 is 0.836 bits per heavy atom. The smallest absolute Gasteiger partial charge is 0.357 e. The summed E-state index contributed by atoms with van der Waals surface area (Å²) >= 11 is 0. The number of alkyl halides is 3. The molecule has 4 aliphatic rings. The molecule has 4 saturated heterocycles. The van der Waals surface area contributed by atoms with E-state index in [0.29, 0.717) is 61.8 Å². The number of hydrogen-bond acceptors (Lipinski definition) is 10. The molecule has 4 fully saturated rings. The van der Waals surface area contributed by atoms with Gasteiger partial charge in [0.2, 0.25) is 17.7 Å². The van der Waals surface area contributed by atoms with Gasteiger partial charge in [-0.2, -0.15) is 18.3 Å². The molecule has 0 radical (unpaired) electrons. The van der Waals surface area contributed by atoms with Gasteiger partial charge in [-0.25, -0.2) is 14.5 Å². The van der Waals surface area contributed by atoms with Crippen LogP contribution in [0.1, 0.15) is 88.3 Å². The summed E-state index contributed by atoms with van der Waals surface area (Å²) in [6, 6.07) is 16.4. The number of nitrogens with zero attached hydrogens (tertiary/aromatic N) is 8. The average Bonchev–Trinajstić information content (AvgIpc) is 3.75. The molecule has 3 aromatic heterocycles. The van der Waals surface area contributed by atoms with E-state index in [9.17, 15) is 32.3 Å². The largest absolute Gasteiger partial charge is 0.416 e. The number of pyridine rings is 1. The standard InChI is InChI=1S/C50H53F3N10O4/c1-33-4-5-37(27-36(33)7-10-41-30-55-45-3-2-18-56-63(41)45)47(65)57-40-9-6-39(43(28-40)50(51,52)53)32-60-23-25-62(26-24-60)49(67)35-16-19-59(20-17-35)31-34-14-21-61(22-15-34)44-12-8-38(29-54-44)42-11-13-46(64)58-48(42)66/h2-6,8-9,12,18,27-30,34-35,42H,11,13-17,19-26,31-32H2,1H3,(H,57,65)(H,58,64,66). The minimum absolute atomic E-state index is 0.0307. The van der Waals surface area contributed by atoms with Gasteiger partial charge in [-0.15, -0.1) is 0 Å². The summed E-state index contributed by atoms with van der Waals surface area (Å²) in [4.78, 5) is 68.3. The average molecular weight is 915 g/mol. The zero-order chi connectivity index (χ0) is 46.7. The van der Waals surface area contributed by atoms with E-state index in [1.165, 1.54) is 12.1 Å². The van der Waals surface area contributed by atoms with Crippen LogP contribution in [0.2, 0.25) is 0 Å². The summed E-state index contributed by atoms with van der Waals surface area (Å²) in [5.41, 5.74) is 3.05. The number of likely N-dealkylation sites (tertiary alicyclic amines) is 1. The lowest BCUT2D eigenvalue weighted by atomic mass is 9.91. The second-order valence-electron chi connectivity index (χ2n) is 18.1. The maximum atomic E-state index is 14.5. The number of nitrogens with one attached hydrogen (secondary N) is 2. The van der Waals surface area contributed by atoms with E-state index < -0.39 is 17.6 Å². The number of halogens is 3. The Hall–Kier alpha value is -6.64. The molecule has 7 heterocycles. The first-order valence-corrected chi connectivity index (χ1v) is 23.1. The summed E-state index contributed by atoms with van der Waals surface area (Å²) in [6.07, 6.45) is 4.87. The normalized spacial score (nSPS) is 19.3. The highest BCUT2D eigenvalue weighted by atomic mass is 19.4. The van der Waals surface area contributed by atoms with Gasteiger partial charge in [0, 0.05) is 93.9 Å². The zero-order valence-electron chi connectivity index (χ0n) is 37.4. The van der Waals surface area contributed by atoms with Crippen molar-refractivity contribution in [2.45, 2.75) is 64.1 Å². The number of carbonyl (C=O) groups excluding carboxylic acids is 4. The molecule has 4 aliphatic heterocycles. The van der Waals surface area contributed by atoms with Crippen molar-refractivity contribution < 1.29 is 32.3 Å². The number of aryl methyl sites for hydroxylation is 1. The third kappa shape index (κ3) is 10.7. The van der Waals surface area contributed by atoms with Gasteiger partial charge in [0.1, 0.15) is 11.5 Å². The lowest BCUT2D eigenvalue weighted by molar-refractivity contribution is -0.139. The minimum atomic E-state index is -4.65. The first-order chi connectivity index (χ1) is 32.3. The fourth-order valence-electron chi connectivity index (χ4n) is 9.70. The predicted molar refractivity (Wildman–Crippen MR) is 245 cm³/mol. The van der Waals surface area contributed by atoms with Crippen molar-refractivity contribution >= 4 is 40.8 Å².